The number of phenols is 2. The maximum atomic E-state index is 14.0. The van der Waals surface area contributed by atoms with Crippen LogP contribution in [-0.4, -0.2) is 23.1 Å². The number of aromatic hydroxyl groups is 2. The van der Waals surface area contributed by atoms with Gasteiger partial charge in [0.25, 0.3) is 0 Å². The molecule has 1 aliphatic carbocycles. The molecule has 2 N–H and O–H groups in total. The van der Waals surface area contributed by atoms with Crippen molar-refractivity contribution in [3.05, 3.63) is 75.9 Å². The van der Waals surface area contributed by atoms with E-state index < -0.39 is 0 Å². The second-order valence-electron chi connectivity index (χ2n) is 8.97. The van der Waals surface area contributed by atoms with Gasteiger partial charge in [-0.25, -0.2) is 0 Å². The maximum absolute atomic E-state index is 14.0. The number of phenolic OH excluding ortho intramolecular Hbond substituents is 2. The first-order chi connectivity index (χ1) is 15.3. The minimum atomic E-state index is -0.313. The first-order valence-corrected chi connectivity index (χ1v) is 11.3. The zero-order valence-electron chi connectivity index (χ0n) is 19.7. The number of benzene rings is 2. The molecular formula is C28H34O4. The number of allylic oxidation sites excluding steroid dienone is 4. The number of hydrogen-bond donors (Lipinski definition) is 2. The van der Waals surface area contributed by atoms with Crippen LogP contribution in [0.25, 0.3) is 0 Å². The lowest BCUT2D eigenvalue weighted by molar-refractivity contribution is 0.0887. The molecule has 3 rings (SSSR count). The molecule has 170 valence electrons. The lowest BCUT2D eigenvalue weighted by Crippen LogP contribution is -2.26. The molecule has 0 amide bonds. The van der Waals surface area contributed by atoms with Crippen LogP contribution in [0.15, 0.2) is 53.6 Å². The number of hydrogen-bond acceptors (Lipinski definition) is 4. The molecule has 2 aromatic rings. The van der Waals surface area contributed by atoms with E-state index in [-0.39, 0.29) is 40.4 Å². The van der Waals surface area contributed by atoms with Crippen molar-refractivity contribution in [1.29, 1.82) is 0 Å². The van der Waals surface area contributed by atoms with Crippen LogP contribution in [0.4, 0.5) is 0 Å². The van der Waals surface area contributed by atoms with Crippen molar-refractivity contribution in [3.63, 3.8) is 0 Å². The average Bonchev–Trinajstić information content (AvgIpc) is 2.79. The van der Waals surface area contributed by atoms with Gasteiger partial charge in [-0.05, 0) is 64.9 Å². The van der Waals surface area contributed by atoms with Gasteiger partial charge in [-0.1, -0.05) is 53.6 Å². The first kappa shape index (κ1) is 23.6. The molecule has 2 unspecified atom stereocenters. The summed E-state index contributed by atoms with van der Waals surface area (Å²) >= 11 is 0. The van der Waals surface area contributed by atoms with Gasteiger partial charge in [0.1, 0.15) is 22.8 Å². The highest BCUT2D eigenvalue weighted by molar-refractivity contribution is 6.04. The van der Waals surface area contributed by atoms with Gasteiger partial charge >= 0.3 is 0 Å². The van der Waals surface area contributed by atoms with E-state index in [1.165, 1.54) is 18.3 Å². The molecule has 2 atom stereocenters. The molecule has 0 aliphatic heterocycles. The van der Waals surface area contributed by atoms with Crippen LogP contribution in [0.2, 0.25) is 0 Å². The third kappa shape index (κ3) is 4.74. The summed E-state index contributed by atoms with van der Waals surface area (Å²) in [5.74, 6) is -0.402. The van der Waals surface area contributed by atoms with Gasteiger partial charge < -0.3 is 14.9 Å². The topological polar surface area (TPSA) is 66.8 Å². The second-order valence-corrected chi connectivity index (χ2v) is 8.97. The maximum Gasteiger partial charge on any atom is 0.174 e. The first-order valence-electron chi connectivity index (χ1n) is 11.3. The minimum absolute atomic E-state index is 0.0226. The molecule has 1 aliphatic rings. The van der Waals surface area contributed by atoms with Crippen LogP contribution in [0.5, 0.6) is 17.2 Å². The van der Waals surface area contributed by atoms with E-state index in [0.29, 0.717) is 17.5 Å². The SMILES string of the molecule is COc1c(C)c(O)c(C)c(O)c1C(=O)C1CC(CCC=C(C)C)=CCC1c1ccccc1. The zero-order valence-corrected chi connectivity index (χ0v) is 19.7. The van der Waals surface area contributed by atoms with E-state index >= 15 is 0 Å². The molecule has 4 heteroatoms. The van der Waals surface area contributed by atoms with Crippen LogP contribution < -0.4 is 4.74 Å². The molecule has 0 aromatic heterocycles. The van der Waals surface area contributed by atoms with Gasteiger partial charge in [0.2, 0.25) is 0 Å². The Morgan fingerprint density at radius 3 is 2.41 bits per heavy atom. The van der Waals surface area contributed by atoms with Crippen LogP contribution >= 0.6 is 0 Å². The summed E-state index contributed by atoms with van der Waals surface area (Å²) in [6.45, 7) is 7.51. The lowest BCUT2D eigenvalue weighted by atomic mass is 9.71. The molecular weight excluding hydrogens is 400 g/mol. The van der Waals surface area contributed by atoms with Gasteiger partial charge in [-0.3, -0.25) is 4.79 Å². The molecule has 4 nitrogen and oxygen atoms in total. The minimum Gasteiger partial charge on any atom is -0.507 e. The Labute approximate surface area is 191 Å². The Morgan fingerprint density at radius 1 is 1.09 bits per heavy atom. The average molecular weight is 435 g/mol. The van der Waals surface area contributed by atoms with Gasteiger partial charge in [0.15, 0.2) is 5.78 Å². The van der Waals surface area contributed by atoms with Crippen molar-refractivity contribution in [1.82, 2.24) is 0 Å². The van der Waals surface area contributed by atoms with Crippen molar-refractivity contribution >= 4 is 5.78 Å². The van der Waals surface area contributed by atoms with E-state index in [1.807, 2.05) is 18.2 Å². The molecule has 0 saturated heterocycles. The summed E-state index contributed by atoms with van der Waals surface area (Å²) < 4.78 is 5.50. The molecule has 32 heavy (non-hydrogen) atoms. The van der Waals surface area contributed by atoms with Crippen LogP contribution in [0.3, 0.4) is 0 Å². The molecule has 0 bridgehead atoms. The standard InChI is InChI=1S/C28H34O4/c1-17(2)10-9-11-20-14-15-22(21-12-7-6-8-13-21)23(16-20)27(31)24-26(30)18(3)25(29)19(4)28(24)32-5/h6-8,10,12-14,22-23,29-30H,9,11,15-16H2,1-5H3. The van der Waals surface area contributed by atoms with Gasteiger partial charge in [-0.2, -0.15) is 0 Å². The number of rotatable bonds is 7. The fourth-order valence-corrected chi connectivity index (χ4v) is 4.71. The fourth-order valence-electron chi connectivity index (χ4n) is 4.71. The second kappa shape index (κ2) is 10.1. The predicted octanol–water partition coefficient (Wildman–Crippen LogP) is 6.77. The van der Waals surface area contributed by atoms with Crippen LogP contribution in [0, 0.1) is 19.8 Å². The normalized spacial score (nSPS) is 18.1. The van der Waals surface area contributed by atoms with E-state index in [4.69, 9.17) is 4.74 Å². The molecule has 0 spiro atoms. The van der Waals surface area contributed by atoms with Gasteiger partial charge in [-0.15, -0.1) is 0 Å². The van der Waals surface area contributed by atoms with Crippen molar-refractivity contribution < 1.29 is 19.7 Å². The summed E-state index contributed by atoms with van der Waals surface area (Å²) in [6.07, 6.45) is 7.82. The third-order valence-electron chi connectivity index (χ3n) is 6.53. The number of ether oxygens (including phenoxy) is 1. The van der Waals surface area contributed by atoms with Crippen molar-refractivity contribution in [2.24, 2.45) is 5.92 Å². The van der Waals surface area contributed by atoms with Crippen molar-refractivity contribution in [2.45, 2.75) is 59.3 Å². The molecule has 0 radical (unpaired) electrons. The molecule has 0 saturated carbocycles. The van der Waals surface area contributed by atoms with Crippen LogP contribution in [-0.2, 0) is 0 Å². The summed E-state index contributed by atoms with van der Waals surface area (Å²) in [6, 6.07) is 10.1. The van der Waals surface area contributed by atoms with Gasteiger partial charge in [0, 0.05) is 17.0 Å². The third-order valence-corrected chi connectivity index (χ3v) is 6.53. The van der Waals surface area contributed by atoms with Gasteiger partial charge in [0.05, 0.1) is 7.11 Å². The number of Topliss-reactive ketones (excluding diaryl/α,β-unsaturated/α-hetero) is 1. The van der Waals surface area contributed by atoms with E-state index in [1.54, 1.807) is 13.8 Å². The Kier molecular flexibility index (Phi) is 7.44. The van der Waals surface area contributed by atoms with E-state index in [9.17, 15) is 15.0 Å². The Hall–Kier alpha value is -3.01. The number of ketones is 1. The summed E-state index contributed by atoms with van der Waals surface area (Å²) in [4.78, 5) is 14.0. The van der Waals surface area contributed by atoms with Crippen molar-refractivity contribution in [2.75, 3.05) is 7.11 Å². The highest BCUT2D eigenvalue weighted by atomic mass is 16.5. The molecule has 2 aromatic carbocycles. The quantitative estimate of drug-likeness (QED) is 0.373. The largest absolute Gasteiger partial charge is 0.507 e. The summed E-state index contributed by atoms with van der Waals surface area (Å²) in [5, 5.41) is 21.2. The summed E-state index contributed by atoms with van der Waals surface area (Å²) in [5.41, 5.74) is 4.64. The predicted molar refractivity (Wildman–Crippen MR) is 129 cm³/mol. The molecule has 0 heterocycles. The monoisotopic (exact) mass is 434 g/mol. The number of carbonyl (C=O) groups excluding carboxylic acids is 1. The Balaban J connectivity index is 2.04. The zero-order chi connectivity index (χ0) is 23.4. The molecule has 0 fully saturated rings. The highest BCUT2D eigenvalue weighted by Gasteiger charge is 2.37. The van der Waals surface area contributed by atoms with Crippen molar-refractivity contribution in [3.8, 4) is 17.2 Å². The highest BCUT2D eigenvalue weighted by Crippen LogP contribution is 2.46. The smallest absolute Gasteiger partial charge is 0.174 e. The van der Waals surface area contributed by atoms with E-state index in [2.05, 4.69) is 38.1 Å². The fraction of sp³-hybridized carbons (Fsp3) is 0.393. The Bertz CT molecular complexity index is 1040. The Morgan fingerprint density at radius 2 is 1.78 bits per heavy atom. The number of carbonyl (C=O) groups is 1. The van der Waals surface area contributed by atoms with Crippen LogP contribution in [0.1, 0.15) is 72.5 Å². The summed E-state index contributed by atoms with van der Waals surface area (Å²) in [7, 11) is 1.47. The number of methoxy groups -OCH3 is 1. The van der Waals surface area contributed by atoms with E-state index in [0.717, 1.165) is 24.8 Å². The lowest BCUT2D eigenvalue weighted by Gasteiger charge is -2.32.